The Balaban J connectivity index is 1.06. The highest BCUT2D eigenvalue weighted by atomic mass is 16.4. The largest absolute Gasteiger partial charge is 0.481 e. The minimum absolute atomic E-state index is 0.0148. The highest BCUT2D eigenvalue weighted by molar-refractivity contribution is 5.93. The Morgan fingerprint density at radius 3 is 2.97 bits per heavy atom. The van der Waals surface area contributed by atoms with Crippen LogP contribution in [-0.4, -0.2) is 50.9 Å². The van der Waals surface area contributed by atoms with E-state index in [0.717, 1.165) is 55.0 Å². The maximum Gasteiger partial charge on any atom is 0.307 e. The Morgan fingerprint density at radius 1 is 1.18 bits per heavy atom. The number of rotatable bonds is 6. The van der Waals surface area contributed by atoms with Crippen LogP contribution in [0.5, 0.6) is 0 Å². The molecule has 2 aromatic heterocycles. The number of carboxylic acids is 1. The number of piperidine rings is 1. The van der Waals surface area contributed by atoms with E-state index in [4.69, 9.17) is 4.98 Å². The lowest BCUT2D eigenvalue weighted by Gasteiger charge is -2.49. The third-order valence-corrected chi connectivity index (χ3v) is 10.2. The Morgan fingerprint density at radius 2 is 2.09 bits per heavy atom. The number of pyridine rings is 1. The number of carbonyl (C=O) groups excluding carboxylic acids is 1. The summed E-state index contributed by atoms with van der Waals surface area (Å²) < 4.78 is 1.90. The van der Waals surface area contributed by atoms with Gasteiger partial charge in [0.15, 0.2) is 0 Å². The number of nitrogens with one attached hydrogen (secondary N) is 1. The fourth-order valence-corrected chi connectivity index (χ4v) is 9.05. The normalized spacial score (nSPS) is 38.1. The van der Waals surface area contributed by atoms with Crippen LogP contribution in [0.3, 0.4) is 0 Å². The van der Waals surface area contributed by atoms with Crippen LogP contribution in [-0.2, 0) is 11.3 Å². The second kappa shape index (κ2) is 7.30. The molecular formula is C27H34N4O3. The van der Waals surface area contributed by atoms with Crippen LogP contribution in [0, 0.1) is 34.5 Å². The minimum Gasteiger partial charge on any atom is -0.481 e. The topological polar surface area (TPSA) is 86.9 Å². The zero-order chi connectivity index (χ0) is 23.1. The van der Waals surface area contributed by atoms with E-state index in [9.17, 15) is 14.7 Å². The summed E-state index contributed by atoms with van der Waals surface area (Å²) >= 11 is 0. The van der Waals surface area contributed by atoms with E-state index in [-0.39, 0.29) is 11.8 Å². The van der Waals surface area contributed by atoms with Gasteiger partial charge in [0.1, 0.15) is 11.3 Å². The van der Waals surface area contributed by atoms with Crippen LogP contribution in [0.25, 0.3) is 5.65 Å². The number of carboxylic acid groups (broad SMARTS) is 1. The van der Waals surface area contributed by atoms with Crippen molar-refractivity contribution < 1.29 is 14.7 Å². The van der Waals surface area contributed by atoms with E-state index < -0.39 is 5.97 Å². The molecule has 1 amide bonds. The summed E-state index contributed by atoms with van der Waals surface area (Å²) in [6, 6.07) is 5.72. The number of aliphatic carboxylic acids is 1. The molecule has 34 heavy (non-hydrogen) atoms. The van der Waals surface area contributed by atoms with Gasteiger partial charge in [0.25, 0.3) is 5.91 Å². The average molecular weight is 463 g/mol. The molecule has 2 N–H and O–H groups in total. The number of imidazole rings is 1. The molecule has 7 rings (SSSR count). The van der Waals surface area contributed by atoms with E-state index in [0.29, 0.717) is 29.6 Å². The molecule has 1 aliphatic heterocycles. The van der Waals surface area contributed by atoms with Gasteiger partial charge in [-0.25, -0.2) is 4.98 Å². The van der Waals surface area contributed by atoms with Crippen molar-refractivity contribution in [1.29, 1.82) is 0 Å². The van der Waals surface area contributed by atoms with E-state index >= 15 is 0 Å². The number of likely N-dealkylation sites (tertiary alicyclic amines) is 1. The first-order valence-electron chi connectivity index (χ1n) is 13.1. The van der Waals surface area contributed by atoms with Crippen molar-refractivity contribution in [3.8, 4) is 0 Å². The van der Waals surface area contributed by atoms with E-state index in [2.05, 4.69) is 10.2 Å². The van der Waals surface area contributed by atoms with Crippen molar-refractivity contribution >= 4 is 17.5 Å². The fraction of sp³-hybridized carbons (Fsp3) is 0.667. The lowest BCUT2D eigenvalue weighted by molar-refractivity contribution is -0.143. The van der Waals surface area contributed by atoms with Gasteiger partial charge in [-0.05, 0) is 98.6 Å². The number of hydrogen-bond donors (Lipinski definition) is 2. The Labute approximate surface area is 199 Å². The van der Waals surface area contributed by atoms with Gasteiger partial charge in [-0.2, -0.15) is 0 Å². The van der Waals surface area contributed by atoms with Gasteiger partial charge < -0.3 is 10.4 Å². The summed E-state index contributed by atoms with van der Waals surface area (Å²) in [7, 11) is 0. The van der Waals surface area contributed by atoms with Gasteiger partial charge >= 0.3 is 5.97 Å². The molecule has 3 bridgehead atoms. The second-order valence-corrected chi connectivity index (χ2v) is 12.2. The molecule has 1 spiro atoms. The number of fused-ring (bicyclic) bond motifs is 3. The van der Waals surface area contributed by atoms with Gasteiger partial charge in [-0.1, -0.05) is 6.07 Å². The summed E-state index contributed by atoms with van der Waals surface area (Å²) in [5, 5.41) is 12.7. The van der Waals surface area contributed by atoms with Crippen LogP contribution in [0.1, 0.15) is 67.5 Å². The molecule has 0 aromatic carbocycles. The van der Waals surface area contributed by atoms with Crippen molar-refractivity contribution in [2.24, 2.45) is 34.5 Å². The molecule has 3 heterocycles. The molecule has 6 atom stereocenters. The molecule has 1 saturated heterocycles. The zero-order valence-electron chi connectivity index (χ0n) is 19.7. The summed E-state index contributed by atoms with van der Waals surface area (Å²) in [5.74, 6) is 1.75. The predicted octanol–water partition coefficient (Wildman–Crippen LogP) is 3.58. The molecule has 7 nitrogen and oxygen atoms in total. The van der Waals surface area contributed by atoms with Gasteiger partial charge in [-0.15, -0.1) is 0 Å². The molecule has 4 aliphatic carbocycles. The van der Waals surface area contributed by atoms with E-state index in [1.54, 1.807) is 0 Å². The van der Waals surface area contributed by atoms with Gasteiger partial charge in [0.05, 0.1) is 11.6 Å². The smallest absolute Gasteiger partial charge is 0.307 e. The van der Waals surface area contributed by atoms with Crippen LogP contribution < -0.4 is 5.32 Å². The summed E-state index contributed by atoms with van der Waals surface area (Å²) in [4.78, 5) is 31.6. The summed E-state index contributed by atoms with van der Waals surface area (Å²) in [6.07, 6.45) is 11.9. The maximum absolute atomic E-state index is 13.3. The van der Waals surface area contributed by atoms with Gasteiger partial charge in [0, 0.05) is 25.8 Å². The molecule has 180 valence electrons. The summed E-state index contributed by atoms with van der Waals surface area (Å²) in [5.41, 5.74) is 3.24. The highest BCUT2D eigenvalue weighted by Gasteiger charge is 2.70. The lowest BCUT2D eigenvalue weighted by atomic mass is 9.55. The molecule has 6 unspecified atom stereocenters. The van der Waals surface area contributed by atoms with Crippen molar-refractivity contribution in [3.63, 3.8) is 0 Å². The standard InChI is InChI=1S/C27H34N4O3/c32-24(28-16-26-9-17-7-19-8-20(11-26)27(19,10-17)15-26)22-4-1-5-23-29-21(14-31(22)23)13-30-6-2-3-18(12-30)25(33)34/h1,4-5,14,17-20H,2-3,6-13,15-16H2,(H,28,32)(H,33,34). The number of carbonyl (C=O) groups is 2. The minimum atomic E-state index is -0.713. The second-order valence-electron chi connectivity index (χ2n) is 12.2. The Bertz CT molecular complexity index is 1170. The average Bonchev–Trinajstić information content (AvgIpc) is 3.37. The Hall–Kier alpha value is -2.41. The van der Waals surface area contributed by atoms with Crippen molar-refractivity contribution in [3.05, 3.63) is 35.8 Å². The van der Waals surface area contributed by atoms with E-state index in [1.807, 2.05) is 28.8 Å². The van der Waals surface area contributed by atoms with E-state index in [1.165, 1.54) is 38.5 Å². The van der Waals surface area contributed by atoms with Gasteiger partial charge in [0.2, 0.25) is 0 Å². The number of hydrogen-bond acceptors (Lipinski definition) is 4. The first kappa shape index (κ1) is 20.9. The monoisotopic (exact) mass is 462 g/mol. The SMILES string of the molecule is O=C(NCC12CC3CC4CC(C1)C4(C3)C2)c1cccc2nc(CN3CCCC(C(=O)O)C3)cn12. The predicted molar refractivity (Wildman–Crippen MR) is 126 cm³/mol. The van der Waals surface area contributed by atoms with Crippen LogP contribution in [0.4, 0.5) is 0 Å². The first-order chi connectivity index (χ1) is 16.4. The highest BCUT2D eigenvalue weighted by Crippen LogP contribution is 2.78. The molecule has 4 saturated carbocycles. The third-order valence-electron chi connectivity index (χ3n) is 10.2. The fourth-order valence-electron chi connectivity index (χ4n) is 9.05. The number of amides is 1. The quantitative estimate of drug-likeness (QED) is 0.685. The molecule has 2 aromatic rings. The van der Waals surface area contributed by atoms with Crippen molar-refractivity contribution in [1.82, 2.24) is 19.6 Å². The summed E-state index contributed by atoms with van der Waals surface area (Å²) in [6.45, 7) is 2.86. The number of nitrogens with zero attached hydrogens (tertiary/aromatic N) is 3. The molecule has 7 heteroatoms. The first-order valence-corrected chi connectivity index (χ1v) is 13.1. The van der Waals surface area contributed by atoms with Crippen molar-refractivity contribution in [2.45, 2.75) is 57.9 Å². The van der Waals surface area contributed by atoms with Crippen LogP contribution in [0.15, 0.2) is 24.4 Å². The zero-order valence-corrected chi connectivity index (χ0v) is 19.7. The van der Waals surface area contributed by atoms with Gasteiger partial charge in [-0.3, -0.25) is 18.9 Å². The molecule has 0 radical (unpaired) electrons. The molecule has 5 aliphatic rings. The molecule has 5 fully saturated rings. The third kappa shape index (κ3) is 3.08. The van der Waals surface area contributed by atoms with Crippen LogP contribution >= 0.6 is 0 Å². The maximum atomic E-state index is 13.3. The van der Waals surface area contributed by atoms with Crippen molar-refractivity contribution in [2.75, 3.05) is 19.6 Å². The molecular weight excluding hydrogens is 428 g/mol. The van der Waals surface area contributed by atoms with Crippen LogP contribution in [0.2, 0.25) is 0 Å². The Kier molecular flexibility index (Phi) is 4.49. The number of aromatic nitrogens is 2. The lowest BCUT2D eigenvalue weighted by Crippen LogP contribution is -2.43.